The minimum absolute atomic E-state index is 0.102. The van der Waals surface area contributed by atoms with E-state index in [0.717, 1.165) is 0 Å². The SMILES string of the molecule is CC1(C)OB(c2ccc(Cl)c(C(=O)Nc3cc(C(=O)CCCO[Si](C)(C)C(C)(C)C)nn3-c3ccccc3)c2)OC1(C)C. The van der Waals surface area contributed by atoms with Crippen molar-refractivity contribution in [3.05, 3.63) is 70.9 Å². The average molecular weight is 624 g/mol. The van der Waals surface area contributed by atoms with Gasteiger partial charge < -0.3 is 19.1 Å². The highest BCUT2D eigenvalue weighted by Gasteiger charge is 2.51. The van der Waals surface area contributed by atoms with Crippen LogP contribution in [0.4, 0.5) is 5.82 Å². The molecule has 1 aromatic heterocycles. The Morgan fingerprint density at radius 3 is 2.26 bits per heavy atom. The molecule has 1 amide bonds. The van der Waals surface area contributed by atoms with E-state index in [2.05, 4.69) is 44.3 Å². The van der Waals surface area contributed by atoms with Gasteiger partial charge in [-0.2, -0.15) is 5.10 Å². The molecule has 0 aliphatic carbocycles. The Hall–Kier alpha value is -2.76. The molecule has 4 rings (SSSR count). The van der Waals surface area contributed by atoms with Gasteiger partial charge in [-0.05, 0) is 82.0 Å². The van der Waals surface area contributed by atoms with Crippen molar-refractivity contribution in [2.75, 3.05) is 11.9 Å². The number of benzene rings is 2. The van der Waals surface area contributed by atoms with Crippen molar-refractivity contribution in [1.82, 2.24) is 9.78 Å². The summed E-state index contributed by atoms with van der Waals surface area (Å²) in [5, 5.41) is 7.88. The van der Waals surface area contributed by atoms with E-state index < -0.39 is 32.5 Å². The summed E-state index contributed by atoms with van der Waals surface area (Å²) in [7, 11) is -2.54. The number of nitrogens with one attached hydrogen (secondary N) is 1. The van der Waals surface area contributed by atoms with Gasteiger partial charge in [0, 0.05) is 19.1 Å². The molecule has 1 saturated heterocycles. The van der Waals surface area contributed by atoms with Crippen LogP contribution in [0.3, 0.4) is 0 Å². The molecular weight excluding hydrogens is 581 g/mol. The van der Waals surface area contributed by atoms with Crippen molar-refractivity contribution >= 4 is 50.0 Å². The number of aromatic nitrogens is 2. The van der Waals surface area contributed by atoms with Gasteiger partial charge in [-0.3, -0.25) is 9.59 Å². The van der Waals surface area contributed by atoms with E-state index in [0.29, 0.717) is 30.0 Å². The first-order valence-electron chi connectivity index (χ1n) is 14.7. The zero-order valence-electron chi connectivity index (χ0n) is 26.7. The molecule has 0 bridgehead atoms. The highest BCUT2D eigenvalue weighted by atomic mass is 35.5. The fourth-order valence-electron chi connectivity index (χ4n) is 4.30. The first-order valence-corrected chi connectivity index (χ1v) is 18.0. The summed E-state index contributed by atoms with van der Waals surface area (Å²) in [5.41, 5.74) is 0.855. The van der Waals surface area contributed by atoms with E-state index in [4.69, 9.17) is 25.3 Å². The number of Topliss-reactive ketones (excluding diaryl/α,β-unsaturated/α-hetero) is 1. The molecule has 0 spiro atoms. The maximum atomic E-state index is 13.6. The predicted molar refractivity (Wildman–Crippen MR) is 175 cm³/mol. The Labute approximate surface area is 261 Å². The number of hydrogen-bond acceptors (Lipinski definition) is 6. The number of carbonyl (C=O) groups is 2. The van der Waals surface area contributed by atoms with Gasteiger partial charge in [-0.1, -0.05) is 56.6 Å². The number of para-hydroxylation sites is 1. The number of rotatable bonds is 10. The molecule has 2 heterocycles. The fourth-order valence-corrected chi connectivity index (χ4v) is 5.59. The minimum atomic E-state index is -1.89. The lowest BCUT2D eigenvalue weighted by Gasteiger charge is -2.36. The number of carbonyl (C=O) groups excluding carboxylic acids is 2. The fraction of sp³-hybridized carbons (Fsp3) is 0.469. The van der Waals surface area contributed by atoms with Crippen molar-refractivity contribution in [2.45, 2.75) is 90.6 Å². The molecule has 0 atom stereocenters. The van der Waals surface area contributed by atoms with Crippen LogP contribution in [0.2, 0.25) is 23.2 Å². The number of ketones is 1. The van der Waals surface area contributed by atoms with Gasteiger partial charge in [-0.25, -0.2) is 4.68 Å². The summed E-state index contributed by atoms with van der Waals surface area (Å²) in [6.07, 6.45) is 0.877. The Bertz CT molecular complexity index is 1470. The zero-order chi connectivity index (χ0) is 31.8. The van der Waals surface area contributed by atoms with Crippen molar-refractivity contribution < 1.29 is 23.3 Å². The quantitative estimate of drug-likeness (QED) is 0.148. The lowest BCUT2D eigenvalue weighted by Crippen LogP contribution is -2.41. The van der Waals surface area contributed by atoms with E-state index in [1.165, 1.54) is 0 Å². The number of nitrogens with zero attached hydrogens (tertiary/aromatic N) is 2. The third kappa shape index (κ3) is 7.32. The molecular formula is C32H43BClN3O5Si. The summed E-state index contributed by atoms with van der Waals surface area (Å²) in [4.78, 5) is 26.8. The van der Waals surface area contributed by atoms with Crippen LogP contribution < -0.4 is 10.8 Å². The molecule has 2 aromatic carbocycles. The number of amides is 1. The lowest BCUT2D eigenvalue weighted by molar-refractivity contribution is 0.00578. The molecule has 8 nitrogen and oxygen atoms in total. The topological polar surface area (TPSA) is 91.7 Å². The zero-order valence-corrected chi connectivity index (χ0v) is 28.5. The summed E-state index contributed by atoms with van der Waals surface area (Å²) in [6.45, 7) is 19.4. The highest BCUT2D eigenvalue weighted by Crippen LogP contribution is 2.37. The van der Waals surface area contributed by atoms with Crippen LogP contribution in [-0.2, 0) is 13.7 Å². The Kier molecular flexibility index (Phi) is 9.50. The summed E-state index contributed by atoms with van der Waals surface area (Å²) in [5.74, 6) is -0.207. The summed E-state index contributed by atoms with van der Waals surface area (Å²) < 4.78 is 20.1. The van der Waals surface area contributed by atoms with Crippen LogP contribution in [0.5, 0.6) is 0 Å². The minimum Gasteiger partial charge on any atom is -0.417 e. The first-order chi connectivity index (χ1) is 19.9. The summed E-state index contributed by atoms with van der Waals surface area (Å²) in [6, 6.07) is 16.1. The molecule has 3 aromatic rings. The van der Waals surface area contributed by atoms with Gasteiger partial charge in [0.05, 0.1) is 27.5 Å². The molecule has 1 aliphatic rings. The van der Waals surface area contributed by atoms with Crippen molar-refractivity contribution in [2.24, 2.45) is 0 Å². The molecule has 0 saturated carbocycles. The molecule has 1 N–H and O–H groups in total. The normalized spacial score (nSPS) is 16.4. The third-order valence-corrected chi connectivity index (χ3v) is 13.7. The Morgan fingerprint density at radius 2 is 1.65 bits per heavy atom. The number of hydrogen-bond donors (Lipinski definition) is 1. The van der Waals surface area contributed by atoms with Gasteiger partial charge in [0.1, 0.15) is 11.5 Å². The molecule has 1 aliphatic heterocycles. The van der Waals surface area contributed by atoms with Gasteiger partial charge in [-0.15, -0.1) is 0 Å². The lowest BCUT2D eigenvalue weighted by atomic mass is 9.78. The largest absolute Gasteiger partial charge is 0.494 e. The standard InChI is InChI=1S/C32H43BClN3O5Si/c1-30(2,3)43(8,9)40-19-13-16-27(38)26-21-28(37(36-26)23-14-11-10-12-15-23)35-29(39)24-20-22(17-18-25(24)34)33-41-31(4,5)32(6,7)42-33/h10-12,14-15,17-18,20-21H,13,16,19H2,1-9H3,(H,35,39). The van der Waals surface area contributed by atoms with Crippen LogP contribution in [-0.4, -0.2) is 54.7 Å². The Balaban J connectivity index is 1.54. The van der Waals surface area contributed by atoms with E-state index in [-0.39, 0.29) is 33.5 Å². The molecule has 11 heteroatoms. The Morgan fingerprint density at radius 1 is 1.02 bits per heavy atom. The first kappa shape index (κ1) is 33.1. The van der Waals surface area contributed by atoms with Crippen LogP contribution >= 0.6 is 11.6 Å². The average Bonchev–Trinajstić information content (AvgIpc) is 3.43. The number of halogens is 1. The van der Waals surface area contributed by atoms with Gasteiger partial charge in [0.25, 0.3) is 5.91 Å². The van der Waals surface area contributed by atoms with Crippen molar-refractivity contribution in [3.8, 4) is 5.69 Å². The van der Waals surface area contributed by atoms with Gasteiger partial charge in [0.15, 0.2) is 14.1 Å². The molecule has 0 unspecified atom stereocenters. The van der Waals surface area contributed by atoms with Crippen LogP contribution in [0.15, 0.2) is 54.6 Å². The second-order valence-corrected chi connectivity index (χ2v) is 18.8. The van der Waals surface area contributed by atoms with Crippen molar-refractivity contribution in [1.29, 1.82) is 0 Å². The second kappa shape index (κ2) is 12.3. The van der Waals surface area contributed by atoms with Crippen molar-refractivity contribution in [3.63, 3.8) is 0 Å². The molecule has 1 fully saturated rings. The predicted octanol–water partition coefficient (Wildman–Crippen LogP) is 7.06. The molecule has 230 valence electrons. The van der Waals surface area contributed by atoms with Gasteiger partial charge in [0.2, 0.25) is 0 Å². The van der Waals surface area contributed by atoms with Crippen LogP contribution in [0.25, 0.3) is 5.69 Å². The van der Waals surface area contributed by atoms with Crippen LogP contribution in [0, 0.1) is 0 Å². The third-order valence-electron chi connectivity index (χ3n) is 8.82. The molecule has 43 heavy (non-hydrogen) atoms. The maximum absolute atomic E-state index is 13.6. The van der Waals surface area contributed by atoms with Gasteiger partial charge >= 0.3 is 7.12 Å². The van der Waals surface area contributed by atoms with E-state index >= 15 is 0 Å². The van der Waals surface area contributed by atoms with E-state index in [1.807, 2.05) is 58.0 Å². The highest BCUT2D eigenvalue weighted by molar-refractivity contribution is 6.74. The van der Waals surface area contributed by atoms with E-state index in [9.17, 15) is 9.59 Å². The maximum Gasteiger partial charge on any atom is 0.494 e. The smallest absolute Gasteiger partial charge is 0.417 e. The van der Waals surface area contributed by atoms with E-state index in [1.54, 1.807) is 28.9 Å². The monoisotopic (exact) mass is 623 g/mol. The second-order valence-electron chi connectivity index (χ2n) is 13.6. The number of anilines is 1. The van der Waals surface area contributed by atoms with Crippen LogP contribution in [0.1, 0.15) is 82.2 Å². The molecule has 0 radical (unpaired) electrons. The summed E-state index contributed by atoms with van der Waals surface area (Å²) >= 11 is 6.49.